The fourth-order valence-electron chi connectivity index (χ4n) is 2.65. The lowest BCUT2D eigenvalue weighted by Gasteiger charge is -2.08. The zero-order valence-corrected chi connectivity index (χ0v) is 14.3. The first-order valence-electron chi connectivity index (χ1n) is 7.87. The number of rotatable bonds is 5. The maximum atomic E-state index is 11.4. The van der Waals surface area contributed by atoms with E-state index in [0.29, 0.717) is 11.3 Å². The van der Waals surface area contributed by atoms with Crippen LogP contribution in [-0.2, 0) is 9.53 Å². The Labute approximate surface area is 149 Å². The van der Waals surface area contributed by atoms with Gasteiger partial charge >= 0.3 is 5.97 Å². The van der Waals surface area contributed by atoms with Crippen molar-refractivity contribution in [3.63, 3.8) is 0 Å². The van der Waals surface area contributed by atoms with E-state index in [1.807, 2.05) is 31.2 Å². The summed E-state index contributed by atoms with van der Waals surface area (Å²) in [6, 6.07) is 12.4. The Morgan fingerprint density at radius 3 is 2.77 bits per heavy atom. The summed E-state index contributed by atoms with van der Waals surface area (Å²) in [5, 5.41) is 15.5. The summed E-state index contributed by atoms with van der Waals surface area (Å²) in [6.45, 7) is 1.97. The van der Waals surface area contributed by atoms with E-state index in [1.54, 1.807) is 12.1 Å². The van der Waals surface area contributed by atoms with Gasteiger partial charge in [-0.1, -0.05) is 6.07 Å². The Bertz CT molecular complexity index is 1020. The van der Waals surface area contributed by atoms with Crippen LogP contribution in [0.1, 0.15) is 11.3 Å². The number of nitrogens with zero attached hydrogens (tertiary/aromatic N) is 1. The monoisotopic (exact) mass is 351 g/mol. The highest BCUT2D eigenvalue weighted by Crippen LogP contribution is 2.30. The van der Waals surface area contributed by atoms with Gasteiger partial charge in [0.2, 0.25) is 0 Å². The number of nitrogens with one attached hydrogen (secondary N) is 2. The molecular formula is C19H17N3O4. The SMILES string of the molecule is COC(=O)/C=C\c1ccc(Nc2ccc3[nH]c(C)cc3c2)c([N+](=O)[O-])c1. The van der Waals surface area contributed by atoms with Crippen LogP contribution >= 0.6 is 0 Å². The van der Waals surface area contributed by atoms with Crippen molar-refractivity contribution in [2.45, 2.75) is 6.92 Å². The second-order valence-electron chi connectivity index (χ2n) is 5.77. The number of nitro benzene ring substituents is 1. The lowest BCUT2D eigenvalue weighted by molar-refractivity contribution is -0.383. The predicted molar refractivity (Wildman–Crippen MR) is 100 cm³/mol. The van der Waals surface area contributed by atoms with Crippen molar-refractivity contribution in [2.24, 2.45) is 0 Å². The minimum Gasteiger partial charge on any atom is -0.466 e. The molecule has 0 aliphatic carbocycles. The molecule has 0 unspecified atom stereocenters. The van der Waals surface area contributed by atoms with Crippen LogP contribution in [0.3, 0.4) is 0 Å². The molecule has 2 aromatic carbocycles. The number of fused-ring (bicyclic) bond motifs is 1. The minimum absolute atomic E-state index is 0.0811. The molecule has 3 aromatic rings. The van der Waals surface area contributed by atoms with E-state index in [0.717, 1.165) is 22.3 Å². The molecule has 0 saturated heterocycles. The molecule has 1 aromatic heterocycles. The van der Waals surface area contributed by atoms with Gasteiger partial charge in [0.1, 0.15) is 5.69 Å². The molecule has 7 heteroatoms. The third kappa shape index (κ3) is 3.72. The number of benzene rings is 2. The van der Waals surface area contributed by atoms with E-state index in [9.17, 15) is 14.9 Å². The van der Waals surface area contributed by atoms with Gasteiger partial charge in [-0.3, -0.25) is 10.1 Å². The summed E-state index contributed by atoms with van der Waals surface area (Å²) < 4.78 is 4.51. The molecule has 2 N–H and O–H groups in total. The summed E-state index contributed by atoms with van der Waals surface area (Å²) in [6.07, 6.45) is 2.69. The number of nitro groups is 1. The van der Waals surface area contributed by atoms with Gasteiger partial charge in [0.05, 0.1) is 12.0 Å². The van der Waals surface area contributed by atoms with Gasteiger partial charge < -0.3 is 15.0 Å². The number of hydrogen-bond donors (Lipinski definition) is 2. The van der Waals surface area contributed by atoms with E-state index in [-0.39, 0.29) is 5.69 Å². The maximum Gasteiger partial charge on any atom is 0.330 e. The molecule has 3 rings (SSSR count). The van der Waals surface area contributed by atoms with Crippen LogP contribution < -0.4 is 5.32 Å². The highest BCUT2D eigenvalue weighted by atomic mass is 16.6. The summed E-state index contributed by atoms with van der Waals surface area (Å²) in [5.41, 5.74) is 3.62. The van der Waals surface area contributed by atoms with E-state index in [4.69, 9.17) is 0 Å². The highest BCUT2D eigenvalue weighted by Gasteiger charge is 2.14. The molecule has 0 spiro atoms. The fraction of sp³-hybridized carbons (Fsp3) is 0.105. The first-order chi connectivity index (χ1) is 12.5. The Balaban J connectivity index is 1.91. The Kier molecular flexibility index (Phi) is 4.70. The van der Waals surface area contributed by atoms with Crippen LogP contribution in [0.5, 0.6) is 0 Å². The van der Waals surface area contributed by atoms with Crippen molar-refractivity contribution in [3.05, 3.63) is 69.9 Å². The van der Waals surface area contributed by atoms with Crippen LogP contribution in [0.2, 0.25) is 0 Å². The van der Waals surface area contributed by atoms with Gasteiger partial charge in [-0.05, 0) is 48.9 Å². The van der Waals surface area contributed by atoms with Crippen molar-refractivity contribution >= 4 is 40.0 Å². The van der Waals surface area contributed by atoms with Crippen LogP contribution in [0.25, 0.3) is 17.0 Å². The number of aromatic amines is 1. The average molecular weight is 351 g/mol. The van der Waals surface area contributed by atoms with Crippen LogP contribution in [0.15, 0.2) is 48.5 Å². The van der Waals surface area contributed by atoms with Crippen molar-refractivity contribution in [1.29, 1.82) is 0 Å². The molecule has 26 heavy (non-hydrogen) atoms. The van der Waals surface area contributed by atoms with Crippen LogP contribution in [-0.4, -0.2) is 23.0 Å². The summed E-state index contributed by atoms with van der Waals surface area (Å²) >= 11 is 0. The molecule has 0 aliphatic rings. The summed E-state index contributed by atoms with van der Waals surface area (Å²) in [7, 11) is 1.27. The van der Waals surface area contributed by atoms with E-state index >= 15 is 0 Å². The molecule has 0 bridgehead atoms. The largest absolute Gasteiger partial charge is 0.466 e. The second-order valence-corrected chi connectivity index (χ2v) is 5.77. The Morgan fingerprint density at radius 2 is 2.04 bits per heavy atom. The lowest BCUT2D eigenvalue weighted by Crippen LogP contribution is -1.98. The number of ether oxygens (including phenoxy) is 1. The average Bonchev–Trinajstić information content (AvgIpc) is 2.99. The fourth-order valence-corrected chi connectivity index (χ4v) is 2.65. The zero-order valence-electron chi connectivity index (χ0n) is 14.3. The minimum atomic E-state index is -0.523. The second kappa shape index (κ2) is 7.10. The third-order valence-electron chi connectivity index (χ3n) is 3.87. The van der Waals surface area contributed by atoms with E-state index < -0.39 is 10.9 Å². The lowest BCUT2D eigenvalue weighted by atomic mass is 10.1. The smallest absolute Gasteiger partial charge is 0.330 e. The molecule has 1 heterocycles. The van der Waals surface area contributed by atoms with Gasteiger partial charge in [-0.2, -0.15) is 0 Å². The van der Waals surface area contributed by atoms with E-state index in [2.05, 4.69) is 15.0 Å². The Morgan fingerprint density at radius 1 is 1.23 bits per heavy atom. The first-order valence-corrected chi connectivity index (χ1v) is 7.87. The zero-order chi connectivity index (χ0) is 18.7. The first kappa shape index (κ1) is 17.2. The number of aromatic nitrogens is 1. The number of anilines is 2. The Hall–Kier alpha value is -3.61. The van der Waals surface area contributed by atoms with Gasteiger partial charge in [0, 0.05) is 34.4 Å². The standard InChI is InChI=1S/C19H17N3O4/c1-12-9-14-11-15(5-7-16(14)20-12)21-17-6-3-13(4-8-19(23)26-2)10-18(17)22(24)25/h3-11,20-21H,1-2H3/b8-4-. The van der Waals surface area contributed by atoms with Gasteiger partial charge in [-0.15, -0.1) is 0 Å². The molecule has 0 amide bonds. The molecule has 0 radical (unpaired) electrons. The van der Waals surface area contributed by atoms with Crippen molar-refractivity contribution in [2.75, 3.05) is 12.4 Å². The molecule has 132 valence electrons. The van der Waals surface area contributed by atoms with E-state index in [1.165, 1.54) is 25.3 Å². The third-order valence-corrected chi connectivity index (χ3v) is 3.87. The van der Waals surface area contributed by atoms with Gasteiger partial charge in [0.15, 0.2) is 0 Å². The molecule has 0 aliphatic heterocycles. The molecule has 0 saturated carbocycles. The molecular weight excluding hydrogens is 334 g/mol. The quantitative estimate of drug-likeness (QED) is 0.309. The number of esters is 1. The maximum absolute atomic E-state index is 11.4. The summed E-state index contributed by atoms with van der Waals surface area (Å²) in [5.74, 6) is -0.523. The normalized spacial score (nSPS) is 11.0. The molecule has 0 atom stereocenters. The predicted octanol–water partition coefficient (Wildman–Crippen LogP) is 4.31. The summed E-state index contributed by atoms with van der Waals surface area (Å²) in [4.78, 5) is 25.4. The number of carbonyl (C=O) groups is 1. The van der Waals surface area contributed by atoms with Crippen LogP contribution in [0, 0.1) is 17.0 Å². The van der Waals surface area contributed by atoms with Gasteiger partial charge in [-0.25, -0.2) is 4.79 Å². The van der Waals surface area contributed by atoms with Crippen molar-refractivity contribution in [1.82, 2.24) is 4.98 Å². The van der Waals surface area contributed by atoms with Crippen molar-refractivity contribution < 1.29 is 14.5 Å². The van der Waals surface area contributed by atoms with Crippen molar-refractivity contribution in [3.8, 4) is 0 Å². The number of aryl methyl sites for hydroxylation is 1. The number of carbonyl (C=O) groups excluding carboxylic acids is 1. The molecule has 7 nitrogen and oxygen atoms in total. The topological polar surface area (TPSA) is 97.3 Å². The molecule has 0 fully saturated rings. The highest BCUT2D eigenvalue weighted by molar-refractivity contribution is 5.88. The number of hydrogen-bond acceptors (Lipinski definition) is 5. The van der Waals surface area contributed by atoms with Crippen LogP contribution in [0.4, 0.5) is 17.1 Å². The number of H-pyrrole nitrogens is 1. The number of methoxy groups -OCH3 is 1. The van der Waals surface area contributed by atoms with Gasteiger partial charge in [0.25, 0.3) is 5.69 Å².